The lowest BCUT2D eigenvalue weighted by Crippen LogP contribution is -2.30. The SMILES string of the molecule is CCCCCCCCCCCCCC(=O)O[C@H](COC(=O)CCCCCCCCCC(C)C)COP(=O)(O)OC[C@H](O)COP(=O)(O)OC[C@@H](COC(=O)CCCCCCCCCCCCCCCCCC(C)C)OC(=O)CCCCCCCCCCCCCCCCCCCCC(C)CC. The Labute approximate surface area is 619 Å². The summed E-state index contributed by atoms with van der Waals surface area (Å²) >= 11 is 0. The number of phosphoric ester groups is 2. The number of carbonyl (C=O) groups is 4. The number of phosphoric acid groups is 2. The first kappa shape index (κ1) is 99.1. The molecule has 0 rings (SSSR count). The van der Waals surface area contributed by atoms with E-state index >= 15 is 0 Å². The van der Waals surface area contributed by atoms with Crippen molar-refractivity contribution >= 4 is 39.5 Å². The van der Waals surface area contributed by atoms with Gasteiger partial charge in [0.2, 0.25) is 0 Å². The van der Waals surface area contributed by atoms with Gasteiger partial charge in [-0.25, -0.2) is 9.13 Å². The third-order valence-corrected chi connectivity index (χ3v) is 21.4. The number of esters is 4. The van der Waals surface area contributed by atoms with E-state index in [1.54, 1.807) is 0 Å². The highest BCUT2D eigenvalue weighted by molar-refractivity contribution is 7.47. The molecular formula is C82H160O17P2. The van der Waals surface area contributed by atoms with Crippen LogP contribution in [0, 0.1) is 17.8 Å². The van der Waals surface area contributed by atoms with Crippen LogP contribution in [0.1, 0.15) is 427 Å². The standard InChI is InChI=1S/C82H160O17P2/c1-8-10-11-12-13-14-28-36-43-51-58-65-81(86)99-78(70-93-80(85)64-57-50-45-38-40-47-54-61-74(5)6)72-97-101(90,91)95-68-76(83)67-94-100(88,89)96-71-77(69-92-79(84)63-56-49-42-35-31-26-23-19-20-24-29-33-39-46-53-60-73(3)4)98-82(87)66-59-52-44-37-32-27-22-18-16-15-17-21-25-30-34-41-48-55-62-75(7)9-2/h73-78,83H,8-72H2,1-7H3,(H,88,89)(H,90,91)/t75?,76-,77-,78-/m1/s1. The van der Waals surface area contributed by atoms with Crippen LogP contribution in [0.2, 0.25) is 0 Å². The van der Waals surface area contributed by atoms with E-state index in [9.17, 15) is 43.2 Å². The van der Waals surface area contributed by atoms with Gasteiger partial charge in [-0.15, -0.1) is 0 Å². The summed E-state index contributed by atoms with van der Waals surface area (Å²) in [5.41, 5.74) is 0. The Morgan fingerprint density at radius 3 is 0.752 bits per heavy atom. The van der Waals surface area contributed by atoms with Gasteiger partial charge in [0, 0.05) is 25.7 Å². The fourth-order valence-electron chi connectivity index (χ4n) is 12.6. The van der Waals surface area contributed by atoms with Crippen molar-refractivity contribution in [3.63, 3.8) is 0 Å². The molecule has 0 spiro atoms. The Morgan fingerprint density at radius 1 is 0.287 bits per heavy atom. The lowest BCUT2D eigenvalue weighted by Gasteiger charge is -2.21. The van der Waals surface area contributed by atoms with Crippen molar-refractivity contribution in [2.75, 3.05) is 39.6 Å². The van der Waals surface area contributed by atoms with Gasteiger partial charge in [0.1, 0.15) is 19.3 Å². The summed E-state index contributed by atoms with van der Waals surface area (Å²) in [6.45, 7) is 12.0. The predicted octanol–water partition coefficient (Wildman–Crippen LogP) is 24.5. The second-order valence-electron chi connectivity index (χ2n) is 30.7. The normalized spacial score (nSPS) is 14.2. The monoisotopic (exact) mass is 1480 g/mol. The van der Waals surface area contributed by atoms with Crippen molar-refractivity contribution in [3.8, 4) is 0 Å². The Kier molecular flexibility index (Phi) is 70.9. The Hall–Kier alpha value is -1.94. The molecule has 0 heterocycles. The van der Waals surface area contributed by atoms with Gasteiger partial charge in [-0.05, 0) is 43.4 Å². The van der Waals surface area contributed by atoms with Gasteiger partial charge in [-0.1, -0.05) is 376 Å². The second kappa shape index (κ2) is 72.3. The highest BCUT2D eigenvalue weighted by Gasteiger charge is 2.30. The van der Waals surface area contributed by atoms with Crippen LogP contribution in [-0.4, -0.2) is 96.7 Å². The van der Waals surface area contributed by atoms with E-state index in [0.29, 0.717) is 31.6 Å². The summed E-state index contributed by atoms with van der Waals surface area (Å²) in [5, 5.41) is 10.6. The minimum absolute atomic E-state index is 0.106. The first-order valence-corrected chi connectivity index (χ1v) is 45.4. The van der Waals surface area contributed by atoms with Crippen LogP contribution in [0.4, 0.5) is 0 Å². The smallest absolute Gasteiger partial charge is 0.462 e. The summed E-state index contributed by atoms with van der Waals surface area (Å²) < 4.78 is 68.7. The summed E-state index contributed by atoms with van der Waals surface area (Å²) in [6, 6.07) is 0. The van der Waals surface area contributed by atoms with Crippen LogP contribution in [0.15, 0.2) is 0 Å². The average Bonchev–Trinajstić information content (AvgIpc) is 1.20. The maximum Gasteiger partial charge on any atom is 0.472 e. The molecule has 6 atom stereocenters. The molecule has 0 aliphatic heterocycles. The van der Waals surface area contributed by atoms with Crippen molar-refractivity contribution in [2.24, 2.45) is 17.8 Å². The van der Waals surface area contributed by atoms with E-state index in [2.05, 4.69) is 48.5 Å². The summed E-state index contributed by atoms with van der Waals surface area (Å²) in [6.07, 6.45) is 61.2. The van der Waals surface area contributed by atoms with Gasteiger partial charge in [-0.3, -0.25) is 37.3 Å². The molecule has 3 unspecified atom stereocenters. The van der Waals surface area contributed by atoms with E-state index in [0.717, 1.165) is 108 Å². The van der Waals surface area contributed by atoms with Crippen molar-refractivity contribution in [3.05, 3.63) is 0 Å². The van der Waals surface area contributed by atoms with Crippen molar-refractivity contribution in [1.29, 1.82) is 0 Å². The number of ether oxygens (including phenoxy) is 4. The zero-order valence-corrected chi connectivity index (χ0v) is 68.2. The Balaban J connectivity index is 5.20. The topological polar surface area (TPSA) is 237 Å². The van der Waals surface area contributed by atoms with Gasteiger partial charge in [0.25, 0.3) is 0 Å². The van der Waals surface area contributed by atoms with Gasteiger partial charge >= 0.3 is 39.5 Å². The van der Waals surface area contributed by atoms with E-state index in [1.165, 1.54) is 231 Å². The fraction of sp³-hybridized carbons (Fsp3) is 0.951. The third-order valence-electron chi connectivity index (χ3n) is 19.5. The summed E-state index contributed by atoms with van der Waals surface area (Å²) in [5.74, 6) is 0.272. The molecule has 3 N–H and O–H groups in total. The summed E-state index contributed by atoms with van der Waals surface area (Å²) in [7, 11) is -9.92. The van der Waals surface area contributed by atoms with Crippen molar-refractivity contribution < 1.29 is 80.2 Å². The van der Waals surface area contributed by atoms with E-state index in [4.69, 9.17) is 37.0 Å². The first-order valence-electron chi connectivity index (χ1n) is 42.4. The molecule has 0 bridgehead atoms. The molecule has 0 aromatic carbocycles. The summed E-state index contributed by atoms with van der Waals surface area (Å²) in [4.78, 5) is 73.0. The quantitative estimate of drug-likeness (QED) is 0.0222. The van der Waals surface area contributed by atoms with Crippen LogP contribution >= 0.6 is 15.6 Å². The number of aliphatic hydroxyl groups is 1. The molecule has 600 valence electrons. The lowest BCUT2D eigenvalue weighted by atomic mass is 9.99. The number of rotatable bonds is 80. The molecule has 0 saturated heterocycles. The maximum atomic E-state index is 13.1. The first-order chi connectivity index (χ1) is 48.8. The maximum absolute atomic E-state index is 13.1. The largest absolute Gasteiger partial charge is 0.472 e. The lowest BCUT2D eigenvalue weighted by molar-refractivity contribution is -0.161. The molecule has 0 aromatic rings. The minimum atomic E-state index is -4.96. The van der Waals surface area contributed by atoms with Crippen LogP contribution < -0.4 is 0 Å². The van der Waals surface area contributed by atoms with Crippen LogP contribution in [-0.2, 0) is 65.4 Å². The zero-order valence-electron chi connectivity index (χ0n) is 66.4. The van der Waals surface area contributed by atoms with Crippen molar-refractivity contribution in [2.45, 2.75) is 446 Å². The van der Waals surface area contributed by atoms with Gasteiger partial charge in [0.05, 0.1) is 26.4 Å². The number of carbonyl (C=O) groups excluding carboxylic acids is 4. The highest BCUT2D eigenvalue weighted by atomic mass is 31.2. The Bertz CT molecular complexity index is 1960. The van der Waals surface area contributed by atoms with Crippen LogP contribution in [0.5, 0.6) is 0 Å². The van der Waals surface area contributed by atoms with Crippen LogP contribution in [0.3, 0.4) is 0 Å². The number of unbranched alkanes of at least 4 members (excludes halogenated alkanes) is 47. The number of hydrogen-bond donors (Lipinski definition) is 3. The molecule has 19 heteroatoms. The molecule has 0 aliphatic rings. The van der Waals surface area contributed by atoms with Gasteiger partial charge in [0.15, 0.2) is 12.2 Å². The predicted molar refractivity (Wildman–Crippen MR) is 414 cm³/mol. The molecule has 0 fully saturated rings. The molecule has 0 aliphatic carbocycles. The number of hydrogen-bond acceptors (Lipinski definition) is 15. The fourth-order valence-corrected chi connectivity index (χ4v) is 14.2. The second-order valence-corrected chi connectivity index (χ2v) is 33.6. The number of aliphatic hydroxyl groups excluding tert-OH is 1. The van der Waals surface area contributed by atoms with Crippen molar-refractivity contribution in [1.82, 2.24) is 0 Å². The molecule has 0 aromatic heterocycles. The molecule has 0 saturated carbocycles. The zero-order chi connectivity index (χ0) is 74.4. The average molecular weight is 1480 g/mol. The van der Waals surface area contributed by atoms with E-state index in [-0.39, 0.29) is 25.7 Å². The van der Waals surface area contributed by atoms with E-state index in [1.807, 2.05) is 0 Å². The van der Waals surface area contributed by atoms with Gasteiger partial charge in [-0.2, -0.15) is 0 Å². The van der Waals surface area contributed by atoms with Gasteiger partial charge < -0.3 is 33.8 Å². The molecule has 17 nitrogen and oxygen atoms in total. The molecule has 0 amide bonds. The van der Waals surface area contributed by atoms with Crippen LogP contribution in [0.25, 0.3) is 0 Å². The third kappa shape index (κ3) is 74.7. The molecule has 0 radical (unpaired) electrons. The minimum Gasteiger partial charge on any atom is -0.462 e. The molecule has 101 heavy (non-hydrogen) atoms. The molecular weight excluding hydrogens is 1320 g/mol. The van der Waals surface area contributed by atoms with E-state index < -0.39 is 97.5 Å². The Morgan fingerprint density at radius 2 is 0.505 bits per heavy atom. The highest BCUT2D eigenvalue weighted by Crippen LogP contribution is 2.45.